The van der Waals surface area contributed by atoms with E-state index in [1.165, 1.54) is 5.56 Å². The van der Waals surface area contributed by atoms with Crippen LogP contribution in [0.1, 0.15) is 11.1 Å². The Morgan fingerprint density at radius 1 is 1.50 bits per heavy atom. The summed E-state index contributed by atoms with van der Waals surface area (Å²) in [4.78, 5) is 0. The first-order valence-electron chi connectivity index (χ1n) is 2.90. The molecule has 0 saturated carbocycles. The summed E-state index contributed by atoms with van der Waals surface area (Å²) in [6.45, 7) is 3.78. The maximum atomic E-state index is 5.76. The molecule has 0 amide bonds. The van der Waals surface area contributed by atoms with Crippen molar-refractivity contribution in [3.63, 3.8) is 0 Å². The monoisotopic (exact) mass is 217 g/mol. The molecule has 0 fully saturated rings. The Balaban J connectivity index is 3.04. The van der Waals surface area contributed by atoms with Gasteiger partial charge in [0, 0.05) is 10.4 Å². The molecule has 0 atom stereocenters. The van der Waals surface area contributed by atoms with E-state index < -0.39 is 0 Å². The summed E-state index contributed by atoms with van der Waals surface area (Å²) in [6, 6.07) is 5.81. The molecule has 1 aromatic carbocycles. The van der Waals surface area contributed by atoms with Crippen LogP contribution in [0.5, 0.6) is 0 Å². The Kier molecular flexibility index (Phi) is 2.75. The van der Waals surface area contributed by atoms with Crippen molar-refractivity contribution < 1.29 is 0 Å². The Labute approximate surface area is 74.3 Å². The highest BCUT2D eigenvalue weighted by Crippen LogP contribution is 2.17. The molecule has 53 valence electrons. The van der Waals surface area contributed by atoms with Gasteiger partial charge >= 0.3 is 0 Å². The number of halogens is 2. The molecule has 0 unspecified atom stereocenters. The average Bonchev–Trinajstić information content (AvgIpc) is 1.95. The van der Waals surface area contributed by atoms with E-state index in [1.54, 1.807) is 0 Å². The zero-order valence-corrected chi connectivity index (χ0v) is 7.74. The highest BCUT2D eigenvalue weighted by atomic mass is 79.9. The minimum Gasteiger partial charge on any atom is -0.0876 e. The van der Waals surface area contributed by atoms with Gasteiger partial charge in [0.1, 0.15) is 0 Å². The largest absolute Gasteiger partial charge is 0.0876 e. The SMILES string of the molecule is [CH2]c1cc(CBr)ccc1Cl. The molecule has 1 radical (unpaired) electrons. The normalized spacial score (nSPS) is 9.90. The summed E-state index contributed by atoms with van der Waals surface area (Å²) >= 11 is 9.11. The fourth-order valence-electron chi connectivity index (χ4n) is 0.711. The first kappa shape index (κ1) is 8.09. The van der Waals surface area contributed by atoms with Crippen LogP contribution in [0.3, 0.4) is 0 Å². The summed E-state index contributed by atoms with van der Waals surface area (Å²) in [6.07, 6.45) is 0. The van der Waals surface area contributed by atoms with E-state index in [4.69, 9.17) is 11.6 Å². The summed E-state index contributed by atoms with van der Waals surface area (Å²) in [5.74, 6) is 0. The maximum absolute atomic E-state index is 5.76. The molecule has 0 heterocycles. The summed E-state index contributed by atoms with van der Waals surface area (Å²) in [7, 11) is 0. The van der Waals surface area contributed by atoms with E-state index in [0.717, 1.165) is 15.9 Å². The van der Waals surface area contributed by atoms with E-state index in [1.807, 2.05) is 18.2 Å². The fourth-order valence-corrected chi connectivity index (χ4v) is 1.18. The third-order valence-corrected chi connectivity index (χ3v) is 2.28. The van der Waals surface area contributed by atoms with Crippen LogP contribution in [-0.2, 0) is 5.33 Å². The first-order valence-corrected chi connectivity index (χ1v) is 4.40. The van der Waals surface area contributed by atoms with E-state index in [2.05, 4.69) is 22.9 Å². The van der Waals surface area contributed by atoms with Gasteiger partial charge in [0.2, 0.25) is 0 Å². The quantitative estimate of drug-likeness (QED) is 0.634. The Morgan fingerprint density at radius 3 is 2.70 bits per heavy atom. The Morgan fingerprint density at radius 2 is 2.20 bits per heavy atom. The second-order valence-electron chi connectivity index (χ2n) is 2.06. The molecule has 0 aliphatic heterocycles. The summed E-state index contributed by atoms with van der Waals surface area (Å²) < 4.78 is 0. The molecule has 10 heavy (non-hydrogen) atoms. The fraction of sp³-hybridized carbons (Fsp3) is 0.125. The van der Waals surface area contributed by atoms with Crippen LogP contribution < -0.4 is 0 Å². The third kappa shape index (κ3) is 1.74. The highest BCUT2D eigenvalue weighted by Gasteiger charge is 1.94. The van der Waals surface area contributed by atoms with Crippen molar-refractivity contribution in [1.82, 2.24) is 0 Å². The molecule has 1 rings (SSSR count). The van der Waals surface area contributed by atoms with E-state index in [-0.39, 0.29) is 0 Å². The molecule has 0 aliphatic carbocycles. The van der Waals surface area contributed by atoms with Crippen LogP contribution in [0.25, 0.3) is 0 Å². The van der Waals surface area contributed by atoms with Gasteiger partial charge in [-0.15, -0.1) is 0 Å². The minimum atomic E-state index is 0.727. The number of hydrogen-bond donors (Lipinski definition) is 0. The Bertz CT molecular complexity index is 233. The third-order valence-electron chi connectivity index (χ3n) is 1.26. The molecule has 1 aromatic rings. The van der Waals surface area contributed by atoms with Gasteiger partial charge in [0.05, 0.1) is 0 Å². The number of benzene rings is 1. The van der Waals surface area contributed by atoms with Gasteiger partial charge < -0.3 is 0 Å². The van der Waals surface area contributed by atoms with Gasteiger partial charge in [0.25, 0.3) is 0 Å². The van der Waals surface area contributed by atoms with Crippen LogP contribution >= 0.6 is 27.5 Å². The molecular formula is C8H7BrCl. The predicted molar refractivity (Wildman–Crippen MR) is 48.5 cm³/mol. The second kappa shape index (κ2) is 3.40. The van der Waals surface area contributed by atoms with Crippen molar-refractivity contribution in [2.24, 2.45) is 0 Å². The van der Waals surface area contributed by atoms with Gasteiger partial charge in [-0.25, -0.2) is 0 Å². The Hall–Kier alpha value is -0.0100. The van der Waals surface area contributed by atoms with Gasteiger partial charge in [-0.05, 0) is 24.1 Å². The lowest BCUT2D eigenvalue weighted by Gasteiger charge is -1.98. The van der Waals surface area contributed by atoms with Crippen molar-refractivity contribution >= 4 is 27.5 Å². The second-order valence-corrected chi connectivity index (χ2v) is 3.03. The van der Waals surface area contributed by atoms with Crippen molar-refractivity contribution in [2.45, 2.75) is 5.33 Å². The molecule has 0 spiro atoms. The molecule has 0 bridgehead atoms. The van der Waals surface area contributed by atoms with Crippen molar-refractivity contribution in [3.05, 3.63) is 41.3 Å². The molecule has 0 aromatic heterocycles. The average molecular weight is 219 g/mol. The maximum Gasteiger partial charge on any atom is 0.0438 e. The summed E-state index contributed by atoms with van der Waals surface area (Å²) in [5, 5.41) is 1.58. The van der Waals surface area contributed by atoms with E-state index in [0.29, 0.717) is 0 Å². The van der Waals surface area contributed by atoms with Crippen LogP contribution in [0.2, 0.25) is 5.02 Å². The summed E-state index contributed by atoms with van der Waals surface area (Å²) in [5.41, 5.74) is 2.09. The lowest BCUT2D eigenvalue weighted by atomic mass is 10.2. The molecular weight excluding hydrogens is 211 g/mol. The highest BCUT2D eigenvalue weighted by molar-refractivity contribution is 9.08. The smallest absolute Gasteiger partial charge is 0.0438 e. The van der Waals surface area contributed by atoms with Crippen molar-refractivity contribution in [3.8, 4) is 0 Å². The van der Waals surface area contributed by atoms with Gasteiger partial charge in [-0.1, -0.05) is 39.7 Å². The number of hydrogen-bond acceptors (Lipinski definition) is 0. The van der Waals surface area contributed by atoms with Crippen LogP contribution in [0.15, 0.2) is 18.2 Å². The molecule has 0 saturated heterocycles. The lowest BCUT2D eigenvalue weighted by Crippen LogP contribution is -1.79. The van der Waals surface area contributed by atoms with Gasteiger partial charge in [-0.3, -0.25) is 0 Å². The minimum absolute atomic E-state index is 0.727. The zero-order valence-electron chi connectivity index (χ0n) is 5.40. The van der Waals surface area contributed by atoms with E-state index >= 15 is 0 Å². The standard InChI is InChI=1S/C8H7BrCl/c1-6-4-7(5-9)2-3-8(6)10/h2-4H,1,5H2. The predicted octanol–water partition coefficient (Wildman–Crippen LogP) is 3.42. The van der Waals surface area contributed by atoms with Gasteiger partial charge in [-0.2, -0.15) is 0 Å². The topological polar surface area (TPSA) is 0 Å². The van der Waals surface area contributed by atoms with Crippen LogP contribution in [-0.4, -0.2) is 0 Å². The molecule has 2 heteroatoms. The molecule has 0 N–H and O–H groups in total. The number of alkyl halides is 1. The molecule has 0 aliphatic rings. The van der Waals surface area contributed by atoms with Gasteiger partial charge in [0.15, 0.2) is 0 Å². The van der Waals surface area contributed by atoms with Crippen LogP contribution in [0, 0.1) is 6.92 Å². The zero-order chi connectivity index (χ0) is 7.56. The van der Waals surface area contributed by atoms with Crippen LogP contribution in [0.4, 0.5) is 0 Å². The molecule has 0 nitrogen and oxygen atoms in total. The van der Waals surface area contributed by atoms with Crippen molar-refractivity contribution in [1.29, 1.82) is 0 Å². The first-order chi connectivity index (χ1) is 4.74. The number of rotatable bonds is 1. The van der Waals surface area contributed by atoms with E-state index in [9.17, 15) is 0 Å². The van der Waals surface area contributed by atoms with Crippen molar-refractivity contribution in [2.75, 3.05) is 0 Å². The lowest BCUT2D eigenvalue weighted by molar-refractivity contribution is 1.41.